The van der Waals surface area contributed by atoms with Gasteiger partial charge in [0.1, 0.15) is 6.26 Å². The van der Waals surface area contributed by atoms with Crippen molar-refractivity contribution in [2.24, 2.45) is 0 Å². The highest BCUT2D eigenvalue weighted by atomic mass is 16.5. The third-order valence-corrected chi connectivity index (χ3v) is 1.88. The fourth-order valence-corrected chi connectivity index (χ4v) is 1.16. The zero-order valence-electron chi connectivity index (χ0n) is 7.81. The predicted octanol–water partition coefficient (Wildman–Crippen LogP) is 1.51. The molecular formula is C10H9N3O2. The molecule has 1 aromatic heterocycles. The van der Waals surface area contributed by atoms with Crippen LogP contribution in [-0.2, 0) is 0 Å². The van der Waals surface area contributed by atoms with Crippen molar-refractivity contribution < 1.29 is 9.32 Å². The van der Waals surface area contributed by atoms with Crippen LogP contribution in [0.3, 0.4) is 0 Å². The van der Waals surface area contributed by atoms with Crippen LogP contribution in [0.2, 0.25) is 0 Å². The van der Waals surface area contributed by atoms with E-state index in [0.717, 1.165) is 0 Å². The van der Waals surface area contributed by atoms with Gasteiger partial charge >= 0.3 is 0 Å². The highest BCUT2D eigenvalue weighted by molar-refractivity contribution is 6.07. The highest BCUT2D eigenvalue weighted by Crippen LogP contribution is 2.12. The van der Waals surface area contributed by atoms with Crippen LogP contribution in [0.4, 0.5) is 11.5 Å². The quantitative estimate of drug-likeness (QED) is 0.725. The molecule has 0 radical (unpaired) electrons. The van der Waals surface area contributed by atoms with Gasteiger partial charge in [-0.15, -0.1) is 0 Å². The fourth-order valence-electron chi connectivity index (χ4n) is 1.16. The Kier molecular flexibility index (Phi) is 2.37. The van der Waals surface area contributed by atoms with Crippen LogP contribution in [0.1, 0.15) is 10.4 Å². The summed E-state index contributed by atoms with van der Waals surface area (Å²) < 4.78 is 4.59. The van der Waals surface area contributed by atoms with E-state index < -0.39 is 0 Å². The van der Waals surface area contributed by atoms with Crippen molar-refractivity contribution >= 4 is 17.4 Å². The number of hydrogen-bond acceptors (Lipinski definition) is 4. The standard InChI is InChI=1S/C10H9N3O2/c11-8-4-2-1-3-7(8)10(14)12-9-5-6-15-13-9/h1-6H,11H2,(H,12,13,14). The molecule has 0 bridgehead atoms. The molecular weight excluding hydrogens is 194 g/mol. The van der Waals surface area contributed by atoms with Gasteiger partial charge in [0, 0.05) is 11.8 Å². The SMILES string of the molecule is Nc1ccccc1C(=O)Nc1ccon1. The summed E-state index contributed by atoms with van der Waals surface area (Å²) in [7, 11) is 0. The summed E-state index contributed by atoms with van der Waals surface area (Å²) in [6, 6.07) is 8.37. The molecule has 0 saturated carbocycles. The molecule has 1 amide bonds. The van der Waals surface area contributed by atoms with Gasteiger partial charge in [0.2, 0.25) is 0 Å². The van der Waals surface area contributed by atoms with E-state index in [2.05, 4.69) is 15.0 Å². The van der Waals surface area contributed by atoms with Crippen molar-refractivity contribution in [2.45, 2.75) is 0 Å². The van der Waals surface area contributed by atoms with Gasteiger partial charge < -0.3 is 15.6 Å². The van der Waals surface area contributed by atoms with Gasteiger partial charge in [0.05, 0.1) is 5.56 Å². The third kappa shape index (κ3) is 1.96. The van der Waals surface area contributed by atoms with Crippen LogP contribution >= 0.6 is 0 Å². The topological polar surface area (TPSA) is 81.2 Å². The Balaban J connectivity index is 2.19. The number of hydrogen-bond donors (Lipinski definition) is 2. The molecule has 0 aliphatic rings. The normalized spacial score (nSPS) is 9.87. The van der Waals surface area contributed by atoms with Gasteiger partial charge in [-0.3, -0.25) is 4.79 Å². The second kappa shape index (κ2) is 3.83. The van der Waals surface area contributed by atoms with Gasteiger partial charge in [0.15, 0.2) is 5.82 Å². The Bertz CT molecular complexity index is 465. The number of rotatable bonds is 2. The van der Waals surface area contributed by atoms with E-state index in [-0.39, 0.29) is 5.91 Å². The molecule has 2 aromatic rings. The molecule has 76 valence electrons. The molecule has 2 rings (SSSR count). The van der Waals surface area contributed by atoms with Crippen molar-refractivity contribution in [3.8, 4) is 0 Å². The van der Waals surface area contributed by atoms with Gasteiger partial charge in [-0.1, -0.05) is 17.3 Å². The lowest BCUT2D eigenvalue weighted by atomic mass is 10.2. The largest absolute Gasteiger partial charge is 0.398 e. The van der Waals surface area contributed by atoms with Crippen molar-refractivity contribution in [2.75, 3.05) is 11.1 Å². The van der Waals surface area contributed by atoms with Crippen LogP contribution in [0, 0.1) is 0 Å². The smallest absolute Gasteiger partial charge is 0.258 e. The maximum atomic E-state index is 11.7. The molecule has 0 aliphatic carbocycles. The molecule has 1 aromatic carbocycles. The summed E-state index contributed by atoms with van der Waals surface area (Å²) in [5, 5.41) is 6.12. The van der Waals surface area contributed by atoms with E-state index in [4.69, 9.17) is 5.73 Å². The number of nitrogens with two attached hydrogens (primary N) is 1. The Labute approximate surface area is 85.9 Å². The van der Waals surface area contributed by atoms with Gasteiger partial charge in [-0.25, -0.2) is 0 Å². The predicted molar refractivity (Wildman–Crippen MR) is 55.3 cm³/mol. The number of carbonyl (C=O) groups is 1. The molecule has 5 nitrogen and oxygen atoms in total. The molecule has 0 fully saturated rings. The maximum absolute atomic E-state index is 11.7. The fraction of sp³-hybridized carbons (Fsp3) is 0. The molecule has 0 aliphatic heterocycles. The molecule has 1 heterocycles. The Morgan fingerprint density at radius 1 is 1.33 bits per heavy atom. The van der Waals surface area contributed by atoms with E-state index >= 15 is 0 Å². The summed E-state index contributed by atoms with van der Waals surface area (Å²) >= 11 is 0. The number of amides is 1. The molecule has 3 N–H and O–H groups in total. The first-order valence-electron chi connectivity index (χ1n) is 4.33. The van der Waals surface area contributed by atoms with Gasteiger partial charge in [-0.2, -0.15) is 0 Å². The van der Waals surface area contributed by atoms with Crippen LogP contribution in [0.15, 0.2) is 41.1 Å². The van der Waals surface area contributed by atoms with Crippen molar-refractivity contribution in [3.63, 3.8) is 0 Å². The van der Waals surface area contributed by atoms with Gasteiger partial charge in [-0.05, 0) is 12.1 Å². The number of nitrogens with zero attached hydrogens (tertiary/aromatic N) is 1. The number of nitrogen functional groups attached to an aromatic ring is 1. The Morgan fingerprint density at radius 3 is 2.80 bits per heavy atom. The number of carbonyl (C=O) groups excluding carboxylic acids is 1. The minimum atomic E-state index is -0.304. The number of para-hydroxylation sites is 1. The Morgan fingerprint density at radius 2 is 2.13 bits per heavy atom. The molecule has 15 heavy (non-hydrogen) atoms. The lowest BCUT2D eigenvalue weighted by molar-refractivity contribution is 0.102. The lowest BCUT2D eigenvalue weighted by Gasteiger charge is -2.03. The van der Waals surface area contributed by atoms with E-state index in [1.165, 1.54) is 6.26 Å². The summed E-state index contributed by atoms with van der Waals surface area (Å²) in [6.45, 7) is 0. The number of nitrogens with one attached hydrogen (secondary N) is 1. The highest BCUT2D eigenvalue weighted by Gasteiger charge is 2.09. The van der Waals surface area contributed by atoms with Crippen molar-refractivity contribution in [1.29, 1.82) is 0 Å². The van der Waals surface area contributed by atoms with Gasteiger partial charge in [0.25, 0.3) is 5.91 Å². The zero-order chi connectivity index (χ0) is 10.7. The summed E-state index contributed by atoms with van der Waals surface area (Å²) in [4.78, 5) is 11.7. The molecule has 0 spiro atoms. The van der Waals surface area contributed by atoms with E-state index in [1.807, 2.05) is 0 Å². The zero-order valence-corrected chi connectivity index (χ0v) is 7.81. The minimum absolute atomic E-state index is 0.304. The molecule has 0 atom stereocenters. The number of benzene rings is 1. The van der Waals surface area contributed by atoms with Crippen molar-refractivity contribution in [3.05, 3.63) is 42.2 Å². The van der Waals surface area contributed by atoms with Crippen LogP contribution in [0.25, 0.3) is 0 Å². The van der Waals surface area contributed by atoms with E-state index in [9.17, 15) is 4.79 Å². The summed E-state index contributed by atoms with van der Waals surface area (Å²) in [6.07, 6.45) is 1.38. The first-order valence-corrected chi connectivity index (χ1v) is 4.33. The first-order chi connectivity index (χ1) is 7.27. The van der Waals surface area contributed by atoms with Crippen LogP contribution in [0.5, 0.6) is 0 Å². The van der Waals surface area contributed by atoms with E-state index in [1.54, 1.807) is 30.3 Å². The summed E-state index contributed by atoms with van der Waals surface area (Å²) in [5.41, 5.74) is 6.49. The minimum Gasteiger partial charge on any atom is -0.398 e. The number of anilines is 2. The molecule has 0 unspecified atom stereocenters. The summed E-state index contributed by atoms with van der Waals surface area (Å²) in [5.74, 6) is 0.0604. The first kappa shape index (κ1) is 9.26. The average Bonchev–Trinajstić information content (AvgIpc) is 2.71. The number of aromatic nitrogens is 1. The maximum Gasteiger partial charge on any atom is 0.258 e. The van der Waals surface area contributed by atoms with Crippen molar-refractivity contribution in [1.82, 2.24) is 5.16 Å². The third-order valence-electron chi connectivity index (χ3n) is 1.88. The molecule has 5 heteroatoms. The monoisotopic (exact) mass is 203 g/mol. The Hall–Kier alpha value is -2.30. The lowest BCUT2D eigenvalue weighted by Crippen LogP contribution is -2.13. The van der Waals surface area contributed by atoms with Crippen LogP contribution in [-0.4, -0.2) is 11.1 Å². The average molecular weight is 203 g/mol. The second-order valence-corrected chi connectivity index (χ2v) is 2.93. The van der Waals surface area contributed by atoms with E-state index in [0.29, 0.717) is 17.1 Å². The molecule has 0 saturated heterocycles. The van der Waals surface area contributed by atoms with Crippen LogP contribution < -0.4 is 11.1 Å². The second-order valence-electron chi connectivity index (χ2n) is 2.93.